The van der Waals surface area contributed by atoms with Crippen molar-refractivity contribution < 1.29 is 13.9 Å². The minimum absolute atomic E-state index is 0.150. The van der Waals surface area contributed by atoms with E-state index in [0.29, 0.717) is 11.1 Å². The van der Waals surface area contributed by atoms with Crippen molar-refractivity contribution in [1.82, 2.24) is 0 Å². The molecule has 0 aliphatic heterocycles. The molecule has 1 atom stereocenters. The highest BCUT2D eigenvalue weighted by Gasteiger charge is 2.10. The first-order chi connectivity index (χ1) is 9.60. The molecule has 0 saturated heterocycles. The lowest BCUT2D eigenvalue weighted by molar-refractivity contribution is 0.191. The first-order valence-electron chi connectivity index (χ1n) is 5.97. The number of aliphatic hydroxyl groups excluding tert-OH is 1. The molecule has 0 fully saturated rings. The van der Waals surface area contributed by atoms with Crippen LogP contribution in [0.5, 0.6) is 0 Å². The van der Waals surface area contributed by atoms with Crippen LogP contribution < -0.4 is 5.32 Å². The van der Waals surface area contributed by atoms with E-state index in [1.807, 2.05) is 6.07 Å². The molecule has 2 rings (SSSR count). The quantitative estimate of drug-likeness (QED) is 0.901. The van der Waals surface area contributed by atoms with E-state index in [2.05, 4.69) is 5.32 Å². The Labute approximate surface area is 115 Å². The van der Waals surface area contributed by atoms with Gasteiger partial charge in [0.1, 0.15) is 0 Å². The van der Waals surface area contributed by atoms with Crippen LogP contribution in [0, 0.1) is 23.0 Å². The molecule has 0 aliphatic carbocycles. The first kappa shape index (κ1) is 14.0. The van der Waals surface area contributed by atoms with Crippen molar-refractivity contribution in [3.8, 4) is 6.07 Å². The van der Waals surface area contributed by atoms with E-state index in [0.717, 1.165) is 17.8 Å². The summed E-state index contributed by atoms with van der Waals surface area (Å²) in [5.41, 5.74) is 1.56. The van der Waals surface area contributed by atoms with E-state index in [-0.39, 0.29) is 6.54 Å². The fourth-order valence-corrected chi connectivity index (χ4v) is 1.71. The van der Waals surface area contributed by atoms with E-state index in [1.165, 1.54) is 6.07 Å². The molecule has 2 aromatic rings. The smallest absolute Gasteiger partial charge is 0.159 e. The molecule has 1 unspecified atom stereocenters. The maximum atomic E-state index is 13.0. The van der Waals surface area contributed by atoms with Gasteiger partial charge in [0.25, 0.3) is 0 Å². The average Bonchev–Trinajstić information content (AvgIpc) is 2.48. The van der Waals surface area contributed by atoms with E-state index in [9.17, 15) is 13.9 Å². The molecule has 0 aromatic heterocycles. The number of benzene rings is 2. The summed E-state index contributed by atoms with van der Waals surface area (Å²) in [5.74, 6) is -1.93. The minimum atomic E-state index is -0.986. The number of hydrogen-bond acceptors (Lipinski definition) is 3. The molecule has 0 amide bonds. The Kier molecular flexibility index (Phi) is 4.28. The summed E-state index contributed by atoms with van der Waals surface area (Å²) in [6.45, 7) is 0.150. The number of nitrogens with one attached hydrogen (secondary N) is 1. The molecule has 0 aliphatic rings. The van der Waals surface area contributed by atoms with Crippen LogP contribution in [0.15, 0.2) is 42.5 Å². The first-order valence-corrected chi connectivity index (χ1v) is 5.97. The van der Waals surface area contributed by atoms with Gasteiger partial charge >= 0.3 is 0 Å². The topological polar surface area (TPSA) is 56.0 Å². The molecule has 102 valence electrons. The lowest BCUT2D eigenvalue weighted by Gasteiger charge is -2.13. The number of hydrogen-bond donors (Lipinski definition) is 2. The van der Waals surface area contributed by atoms with Crippen LogP contribution in [0.1, 0.15) is 17.2 Å². The molecule has 0 heterocycles. The largest absolute Gasteiger partial charge is 0.387 e. The van der Waals surface area contributed by atoms with Gasteiger partial charge in [-0.3, -0.25) is 0 Å². The normalized spacial score (nSPS) is 11.7. The van der Waals surface area contributed by atoms with E-state index >= 15 is 0 Å². The van der Waals surface area contributed by atoms with Crippen molar-refractivity contribution in [1.29, 1.82) is 5.26 Å². The maximum Gasteiger partial charge on any atom is 0.159 e. The summed E-state index contributed by atoms with van der Waals surface area (Å²) < 4.78 is 25.8. The summed E-state index contributed by atoms with van der Waals surface area (Å²) >= 11 is 0. The van der Waals surface area contributed by atoms with Crippen LogP contribution in [0.4, 0.5) is 14.5 Å². The van der Waals surface area contributed by atoms with E-state index in [1.54, 1.807) is 24.3 Å². The molecule has 2 N–H and O–H groups in total. The van der Waals surface area contributed by atoms with Crippen LogP contribution in [0.25, 0.3) is 0 Å². The predicted octanol–water partition coefficient (Wildman–Crippen LogP) is 2.98. The fraction of sp³-hybridized carbons (Fsp3) is 0.133. The standard InChI is InChI=1S/C15H12F2N2O/c16-13-6-3-11(7-14(13)17)15(20)9-19-12-4-1-10(8-18)2-5-12/h1-7,15,19-20H,9H2. The SMILES string of the molecule is N#Cc1ccc(NCC(O)c2ccc(F)c(F)c2)cc1. The molecule has 2 aromatic carbocycles. The van der Waals surface area contributed by atoms with Gasteiger partial charge < -0.3 is 10.4 Å². The van der Waals surface area contributed by atoms with Gasteiger partial charge in [-0.05, 0) is 42.0 Å². The zero-order valence-corrected chi connectivity index (χ0v) is 10.5. The van der Waals surface area contributed by atoms with Gasteiger partial charge in [0.05, 0.1) is 17.7 Å². The number of halogens is 2. The second-order valence-corrected chi connectivity index (χ2v) is 4.26. The monoisotopic (exact) mass is 274 g/mol. The van der Waals surface area contributed by atoms with Gasteiger partial charge in [0.2, 0.25) is 0 Å². The van der Waals surface area contributed by atoms with Gasteiger partial charge in [-0.25, -0.2) is 8.78 Å². The van der Waals surface area contributed by atoms with Crippen LogP contribution in [0.3, 0.4) is 0 Å². The Morgan fingerprint density at radius 2 is 1.80 bits per heavy atom. The Bertz CT molecular complexity index is 635. The molecule has 0 saturated carbocycles. The highest BCUT2D eigenvalue weighted by atomic mass is 19.2. The van der Waals surface area contributed by atoms with Crippen molar-refractivity contribution in [3.63, 3.8) is 0 Å². The summed E-state index contributed by atoms with van der Waals surface area (Å²) in [6.07, 6.45) is -0.958. The number of aliphatic hydroxyl groups is 1. The van der Waals surface area contributed by atoms with Crippen molar-refractivity contribution in [3.05, 3.63) is 65.2 Å². The summed E-state index contributed by atoms with van der Waals surface area (Å²) in [6, 6.07) is 12.0. The van der Waals surface area contributed by atoms with Gasteiger partial charge in [-0.15, -0.1) is 0 Å². The molecule has 20 heavy (non-hydrogen) atoms. The Hall–Kier alpha value is -2.45. The summed E-state index contributed by atoms with van der Waals surface area (Å²) in [7, 11) is 0. The Morgan fingerprint density at radius 3 is 2.40 bits per heavy atom. The zero-order chi connectivity index (χ0) is 14.5. The highest BCUT2D eigenvalue weighted by Crippen LogP contribution is 2.17. The maximum absolute atomic E-state index is 13.0. The van der Waals surface area contributed by atoms with Crippen molar-refractivity contribution in [2.75, 3.05) is 11.9 Å². The van der Waals surface area contributed by atoms with Crippen LogP contribution >= 0.6 is 0 Å². The van der Waals surface area contributed by atoms with E-state index in [4.69, 9.17) is 5.26 Å². The second-order valence-electron chi connectivity index (χ2n) is 4.26. The molecular formula is C15H12F2N2O. The summed E-state index contributed by atoms with van der Waals surface area (Å²) in [4.78, 5) is 0. The molecule has 0 spiro atoms. The van der Waals surface area contributed by atoms with Crippen molar-refractivity contribution >= 4 is 5.69 Å². The molecule has 0 radical (unpaired) electrons. The Morgan fingerprint density at radius 1 is 1.10 bits per heavy atom. The van der Waals surface area contributed by atoms with Crippen LogP contribution in [0.2, 0.25) is 0 Å². The second kappa shape index (κ2) is 6.13. The summed E-state index contributed by atoms with van der Waals surface area (Å²) in [5, 5.41) is 21.5. The zero-order valence-electron chi connectivity index (χ0n) is 10.5. The molecule has 3 nitrogen and oxygen atoms in total. The predicted molar refractivity (Wildman–Crippen MR) is 71.0 cm³/mol. The molecule has 0 bridgehead atoms. The number of anilines is 1. The fourth-order valence-electron chi connectivity index (χ4n) is 1.71. The van der Waals surface area contributed by atoms with Crippen molar-refractivity contribution in [2.24, 2.45) is 0 Å². The average molecular weight is 274 g/mol. The third kappa shape index (κ3) is 3.31. The van der Waals surface area contributed by atoms with Crippen LogP contribution in [-0.2, 0) is 0 Å². The number of rotatable bonds is 4. The lowest BCUT2D eigenvalue weighted by Crippen LogP contribution is -2.12. The molecular weight excluding hydrogens is 262 g/mol. The Balaban J connectivity index is 1.99. The highest BCUT2D eigenvalue weighted by molar-refractivity contribution is 5.47. The van der Waals surface area contributed by atoms with Gasteiger partial charge in [0, 0.05) is 12.2 Å². The van der Waals surface area contributed by atoms with Gasteiger partial charge in [-0.1, -0.05) is 6.07 Å². The number of nitrogens with zero attached hydrogens (tertiary/aromatic N) is 1. The number of nitriles is 1. The third-order valence-corrected chi connectivity index (χ3v) is 2.84. The van der Waals surface area contributed by atoms with E-state index < -0.39 is 17.7 Å². The van der Waals surface area contributed by atoms with Gasteiger partial charge in [0.15, 0.2) is 11.6 Å². The minimum Gasteiger partial charge on any atom is -0.387 e. The van der Waals surface area contributed by atoms with Gasteiger partial charge in [-0.2, -0.15) is 5.26 Å². The lowest BCUT2D eigenvalue weighted by atomic mass is 10.1. The molecule has 5 heteroatoms. The van der Waals surface area contributed by atoms with Crippen LogP contribution in [-0.4, -0.2) is 11.7 Å². The van der Waals surface area contributed by atoms with Crippen molar-refractivity contribution in [2.45, 2.75) is 6.10 Å². The third-order valence-electron chi connectivity index (χ3n) is 2.84.